The fourth-order valence-electron chi connectivity index (χ4n) is 3.87. The molecule has 1 aliphatic heterocycles. The number of carbonyl (C=O) groups is 1. The normalized spacial score (nSPS) is 14.8. The van der Waals surface area contributed by atoms with Crippen molar-refractivity contribution in [1.29, 1.82) is 0 Å². The first-order chi connectivity index (χ1) is 14.6. The number of aromatic amines is 1. The number of H-pyrrole nitrogens is 1. The smallest absolute Gasteiger partial charge is 0.315 e. The van der Waals surface area contributed by atoms with Crippen molar-refractivity contribution < 1.29 is 9.18 Å². The van der Waals surface area contributed by atoms with Gasteiger partial charge >= 0.3 is 6.03 Å². The van der Waals surface area contributed by atoms with Crippen molar-refractivity contribution in [3.8, 4) is 0 Å². The summed E-state index contributed by atoms with van der Waals surface area (Å²) in [6, 6.07) is 14.9. The third kappa shape index (κ3) is 4.74. The molecule has 2 aromatic carbocycles. The summed E-state index contributed by atoms with van der Waals surface area (Å²) in [7, 11) is 0. The van der Waals surface area contributed by atoms with Gasteiger partial charge in [-0.3, -0.25) is 0 Å². The van der Waals surface area contributed by atoms with Gasteiger partial charge in [0.2, 0.25) is 0 Å². The average Bonchev–Trinajstić information content (AvgIpc) is 3.19. The Balaban J connectivity index is 1.27. The van der Waals surface area contributed by atoms with Crippen LogP contribution in [0.4, 0.5) is 14.9 Å². The van der Waals surface area contributed by atoms with Crippen molar-refractivity contribution in [2.45, 2.75) is 20.0 Å². The standard InChI is InChI=1S/C23H28FN5O/c1-2-28-9-11-29(12-10-28)22-8-7-17(13-20(22)24)15-25-23(30)26-16-19-14-18-5-3-4-6-21(18)27-19/h3-8,13-14,27H,2,9-12,15-16H2,1H3,(H2,25,26,30). The maximum atomic E-state index is 14.6. The minimum absolute atomic E-state index is 0.238. The molecule has 3 aromatic rings. The number of hydrogen-bond donors (Lipinski definition) is 3. The minimum atomic E-state index is -0.283. The van der Waals surface area contributed by atoms with E-state index in [0.29, 0.717) is 12.2 Å². The largest absolute Gasteiger partial charge is 0.367 e. The summed E-state index contributed by atoms with van der Waals surface area (Å²) < 4.78 is 14.6. The molecule has 1 fully saturated rings. The Hall–Kier alpha value is -3.06. The van der Waals surface area contributed by atoms with Crippen LogP contribution in [-0.2, 0) is 13.1 Å². The molecule has 3 N–H and O–H groups in total. The second-order valence-electron chi connectivity index (χ2n) is 7.63. The van der Waals surface area contributed by atoms with E-state index in [1.807, 2.05) is 42.5 Å². The van der Waals surface area contributed by atoms with Crippen LogP contribution in [0.25, 0.3) is 10.9 Å². The Bertz CT molecular complexity index is 977. The van der Waals surface area contributed by atoms with E-state index in [0.717, 1.165) is 54.9 Å². The molecule has 0 unspecified atom stereocenters. The van der Waals surface area contributed by atoms with Gasteiger partial charge in [0.05, 0.1) is 12.2 Å². The monoisotopic (exact) mass is 409 g/mol. The number of amides is 2. The molecule has 0 spiro atoms. The van der Waals surface area contributed by atoms with Gasteiger partial charge in [-0.05, 0) is 41.8 Å². The first-order valence-electron chi connectivity index (χ1n) is 10.5. The number of urea groups is 1. The van der Waals surface area contributed by atoms with Crippen molar-refractivity contribution >= 4 is 22.6 Å². The molecule has 1 aromatic heterocycles. The Kier molecular flexibility index (Phi) is 6.18. The zero-order valence-corrected chi connectivity index (χ0v) is 17.2. The van der Waals surface area contributed by atoms with Crippen molar-refractivity contribution in [3.05, 3.63) is 65.6 Å². The van der Waals surface area contributed by atoms with Gasteiger partial charge in [0.15, 0.2) is 0 Å². The molecule has 2 amide bonds. The van der Waals surface area contributed by atoms with E-state index in [2.05, 4.69) is 32.3 Å². The zero-order valence-electron chi connectivity index (χ0n) is 17.2. The first kappa shape index (κ1) is 20.2. The number of carbonyl (C=O) groups excluding carboxylic acids is 1. The number of piperazine rings is 1. The topological polar surface area (TPSA) is 63.4 Å². The molecule has 1 saturated heterocycles. The van der Waals surface area contributed by atoms with E-state index in [-0.39, 0.29) is 18.4 Å². The van der Waals surface area contributed by atoms with Gasteiger partial charge in [0.1, 0.15) is 5.82 Å². The van der Waals surface area contributed by atoms with Crippen molar-refractivity contribution in [3.63, 3.8) is 0 Å². The molecule has 0 saturated carbocycles. The second-order valence-corrected chi connectivity index (χ2v) is 7.63. The van der Waals surface area contributed by atoms with E-state index >= 15 is 0 Å². The van der Waals surface area contributed by atoms with Crippen LogP contribution < -0.4 is 15.5 Å². The lowest BCUT2D eigenvalue weighted by atomic mass is 10.1. The van der Waals surface area contributed by atoms with E-state index in [9.17, 15) is 9.18 Å². The fourth-order valence-corrected chi connectivity index (χ4v) is 3.87. The molecule has 1 aliphatic rings. The third-order valence-electron chi connectivity index (χ3n) is 5.65. The predicted molar refractivity (Wildman–Crippen MR) is 118 cm³/mol. The zero-order chi connectivity index (χ0) is 20.9. The van der Waals surface area contributed by atoms with E-state index in [4.69, 9.17) is 0 Å². The van der Waals surface area contributed by atoms with Crippen molar-refractivity contribution in [2.75, 3.05) is 37.6 Å². The number of nitrogens with zero attached hydrogens (tertiary/aromatic N) is 2. The van der Waals surface area contributed by atoms with Gasteiger partial charge < -0.3 is 25.4 Å². The molecular weight excluding hydrogens is 381 g/mol. The molecule has 2 heterocycles. The van der Waals surface area contributed by atoms with Gasteiger partial charge in [-0.1, -0.05) is 31.2 Å². The molecule has 0 atom stereocenters. The Morgan fingerprint density at radius 1 is 1.03 bits per heavy atom. The number of benzene rings is 2. The molecular formula is C23H28FN5O. The summed E-state index contributed by atoms with van der Waals surface area (Å²) in [5.41, 5.74) is 3.35. The molecule has 0 aliphatic carbocycles. The summed E-state index contributed by atoms with van der Waals surface area (Å²) in [5.74, 6) is -0.238. The highest BCUT2D eigenvalue weighted by molar-refractivity contribution is 5.80. The third-order valence-corrected chi connectivity index (χ3v) is 5.65. The van der Waals surface area contributed by atoms with E-state index < -0.39 is 0 Å². The second kappa shape index (κ2) is 9.17. The van der Waals surface area contributed by atoms with Crippen LogP contribution in [0.2, 0.25) is 0 Å². The molecule has 158 valence electrons. The number of nitrogens with one attached hydrogen (secondary N) is 3. The summed E-state index contributed by atoms with van der Waals surface area (Å²) >= 11 is 0. The highest BCUT2D eigenvalue weighted by atomic mass is 19.1. The van der Waals surface area contributed by atoms with Crippen molar-refractivity contribution in [1.82, 2.24) is 20.5 Å². The lowest BCUT2D eigenvalue weighted by molar-refractivity contribution is 0.240. The Labute approximate surface area is 176 Å². The van der Waals surface area contributed by atoms with Gasteiger partial charge in [-0.25, -0.2) is 9.18 Å². The molecule has 0 radical (unpaired) electrons. The lowest BCUT2D eigenvalue weighted by Crippen LogP contribution is -2.46. The minimum Gasteiger partial charge on any atom is -0.367 e. The van der Waals surface area contributed by atoms with Gasteiger partial charge in [0, 0.05) is 43.9 Å². The molecule has 6 nitrogen and oxygen atoms in total. The van der Waals surface area contributed by atoms with Gasteiger partial charge in [0.25, 0.3) is 0 Å². The number of likely N-dealkylation sites (N-methyl/N-ethyl adjacent to an activating group) is 1. The maximum absolute atomic E-state index is 14.6. The number of fused-ring (bicyclic) bond motifs is 1. The van der Waals surface area contributed by atoms with Crippen LogP contribution >= 0.6 is 0 Å². The quantitative estimate of drug-likeness (QED) is 0.584. The average molecular weight is 410 g/mol. The fraction of sp³-hybridized carbons (Fsp3) is 0.348. The van der Waals surface area contributed by atoms with Crippen LogP contribution in [0.15, 0.2) is 48.5 Å². The number of para-hydroxylation sites is 1. The van der Waals surface area contributed by atoms with Crippen LogP contribution in [0.1, 0.15) is 18.2 Å². The summed E-state index contributed by atoms with van der Waals surface area (Å²) in [4.78, 5) is 19.8. The van der Waals surface area contributed by atoms with E-state index in [1.54, 1.807) is 0 Å². The molecule has 7 heteroatoms. The molecule has 0 bridgehead atoms. The number of anilines is 1. The predicted octanol–water partition coefficient (Wildman–Crippen LogP) is 3.45. The summed E-state index contributed by atoms with van der Waals surface area (Å²) in [5, 5.41) is 6.73. The van der Waals surface area contributed by atoms with E-state index in [1.165, 1.54) is 6.07 Å². The van der Waals surface area contributed by atoms with Gasteiger partial charge in [-0.15, -0.1) is 0 Å². The molecule has 4 rings (SSSR count). The number of halogens is 1. The lowest BCUT2D eigenvalue weighted by Gasteiger charge is -2.35. The Morgan fingerprint density at radius 3 is 2.53 bits per heavy atom. The van der Waals surface area contributed by atoms with Crippen LogP contribution in [-0.4, -0.2) is 48.6 Å². The summed E-state index contributed by atoms with van der Waals surface area (Å²) in [6.07, 6.45) is 0. The van der Waals surface area contributed by atoms with Crippen LogP contribution in [0.5, 0.6) is 0 Å². The first-order valence-corrected chi connectivity index (χ1v) is 10.5. The number of hydrogen-bond acceptors (Lipinski definition) is 3. The van der Waals surface area contributed by atoms with Crippen LogP contribution in [0, 0.1) is 5.82 Å². The van der Waals surface area contributed by atoms with Gasteiger partial charge in [-0.2, -0.15) is 0 Å². The molecule has 30 heavy (non-hydrogen) atoms. The highest BCUT2D eigenvalue weighted by Gasteiger charge is 2.18. The Morgan fingerprint density at radius 2 is 1.80 bits per heavy atom. The summed E-state index contributed by atoms with van der Waals surface area (Å²) in [6.45, 7) is 7.43. The number of aromatic nitrogens is 1. The maximum Gasteiger partial charge on any atom is 0.315 e. The SMILES string of the molecule is CCN1CCN(c2ccc(CNC(=O)NCc3cc4ccccc4[nH]3)cc2F)CC1. The van der Waals surface area contributed by atoms with Crippen molar-refractivity contribution in [2.24, 2.45) is 0 Å². The van der Waals surface area contributed by atoms with Crippen LogP contribution in [0.3, 0.4) is 0 Å². The number of rotatable bonds is 6. The highest BCUT2D eigenvalue weighted by Crippen LogP contribution is 2.22.